The van der Waals surface area contributed by atoms with E-state index in [1.54, 1.807) is 24.4 Å². The van der Waals surface area contributed by atoms with Crippen LogP contribution in [0.2, 0.25) is 10.0 Å². The average Bonchev–Trinajstić information content (AvgIpc) is 2.89. The third kappa shape index (κ3) is 5.09. The number of rotatable bonds is 4. The molecule has 2 aliphatic heterocycles. The van der Waals surface area contributed by atoms with Crippen LogP contribution in [0.15, 0.2) is 54.7 Å². The number of pyridine rings is 1. The van der Waals surface area contributed by atoms with E-state index < -0.39 is 0 Å². The van der Waals surface area contributed by atoms with Crippen LogP contribution in [0.5, 0.6) is 0 Å². The molecule has 0 saturated carbocycles. The zero-order valence-electron chi connectivity index (χ0n) is 19.8. The molecule has 2 aromatic carbocycles. The summed E-state index contributed by atoms with van der Waals surface area (Å²) in [7, 11) is 0. The topological polar surface area (TPSA) is 53.5 Å². The molecule has 0 N–H and O–H groups in total. The lowest BCUT2D eigenvalue weighted by atomic mass is 9.80. The number of hydrogen-bond donors (Lipinski definition) is 0. The minimum atomic E-state index is -0.00690. The van der Waals surface area contributed by atoms with Gasteiger partial charge in [0.25, 0.3) is 5.91 Å². The number of benzene rings is 2. The number of likely N-dealkylation sites (tertiary alicyclic amines) is 2. The fraction of sp³-hybridized carbons (Fsp3) is 0.393. The Morgan fingerprint density at radius 2 is 1.69 bits per heavy atom. The first-order chi connectivity index (χ1) is 16.9. The Kier molecular flexibility index (Phi) is 7.10. The normalized spacial score (nSPS) is 21.9. The van der Waals surface area contributed by atoms with E-state index in [4.69, 9.17) is 23.2 Å². The molecule has 5 nitrogen and oxygen atoms in total. The number of carbonyl (C=O) groups is 2. The number of carbonyl (C=O) groups excluding carboxylic acids is 2. The number of piperidine rings is 2. The Bertz CT molecular complexity index is 1260. The summed E-state index contributed by atoms with van der Waals surface area (Å²) in [6.07, 6.45) is 4.52. The van der Waals surface area contributed by atoms with Crippen molar-refractivity contribution in [2.24, 2.45) is 11.8 Å². The molecule has 3 aromatic rings. The predicted molar refractivity (Wildman–Crippen MR) is 140 cm³/mol. The smallest absolute Gasteiger partial charge is 0.253 e. The lowest BCUT2D eigenvalue weighted by Gasteiger charge is -2.44. The summed E-state index contributed by atoms with van der Waals surface area (Å²) in [6.45, 7) is 5.47. The van der Waals surface area contributed by atoms with Gasteiger partial charge in [-0.25, -0.2) is 0 Å². The number of Topliss-reactive ketones (excluding diaryl/α,β-unsaturated/α-hetero) is 1. The highest BCUT2D eigenvalue weighted by Crippen LogP contribution is 2.32. The Labute approximate surface area is 216 Å². The van der Waals surface area contributed by atoms with E-state index in [-0.39, 0.29) is 23.5 Å². The van der Waals surface area contributed by atoms with Crippen molar-refractivity contribution in [3.05, 3.63) is 75.9 Å². The van der Waals surface area contributed by atoms with Gasteiger partial charge in [0.1, 0.15) is 0 Å². The van der Waals surface area contributed by atoms with Gasteiger partial charge >= 0.3 is 0 Å². The molecule has 1 aromatic heterocycles. The Morgan fingerprint density at radius 1 is 0.914 bits per heavy atom. The molecular formula is C28H29Cl2N3O2. The molecule has 5 rings (SSSR count). The second-order valence-corrected chi connectivity index (χ2v) is 10.6. The highest BCUT2D eigenvalue weighted by atomic mass is 35.5. The van der Waals surface area contributed by atoms with Crippen LogP contribution >= 0.6 is 23.2 Å². The Balaban J connectivity index is 1.17. The Morgan fingerprint density at radius 3 is 2.43 bits per heavy atom. The van der Waals surface area contributed by atoms with E-state index in [9.17, 15) is 9.59 Å². The van der Waals surface area contributed by atoms with Crippen LogP contribution in [0.25, 0.3) is 10.9 Å². The van der Waals surface area contributed by atoms with Crippen LogP contribution in [0, 0.1) is 11.8 Å². The molecule has 0 radical (unpaired) electrons. The molecule has 3 heterocycles. The minimum Gasteiger partial charge on any atom is -0.339 e. The number of hydrogen-bond acceptors (Lipinski definition) is 4. The molecule has 2 atom stereocenters. The molecule has 0 unspecified atom stereocenters. The molecule has 0 aliphatic carbocycles. The summed E-state index contributed by atoms with van der Waals surface area (Å²) in [5, 5.41) is 1.87. The van der Waals surface area contributed by atoms with Crippen molar-refractivity contribution in [1.29, 1.82) is 0 Å². The van der Waals surface area contributed by atoms with Crippen molar-refractivity contribution in [3.8, 4) is 0 Å². The van der Waals surface area contributed by atoms with Crippen molar-refractivity contribution in [1.82, 2.24) is 14.8 Å². The molecule has 2 saturated heterocycles. The maximum Gasteiger partial charge on any atom is 0.253 e. The van der Waals surface area contributed by atoms with Gasteiger partial charge in [-0.05, 0) is 74.2 Å². The second kappa shape index (κ2) is 10.3. The molecule has 7 heteroatoms. The number of amides is 1. The van der Waals surface area contributed by atoms with Crippen molar-refractivity contribution in [2.45, 2.75) is 32.2 Å². The third-order valence-corrected chi connectivity index (χ3v) is 8.33. The van der Waals surface area contributed by atoms with Gasteiger partial charge in [-0.2, -0.15) is 0 Å². The standard InChI is InChI=1S/C28H29Cl2N3O2/c1-18-17-33(14-10-23(18)27(34)20-4-6-24(29)25(30)16-20)22-8-12-32(13-9-22)28(35)21-5-7-26-19(15-21)3-2-11-31-26/h2-7,11,15-16,18,22-23H,8-10,12-14,17H2,1H3/t18-,23-/m1/s1. The highest BCUT2D eigenvalue weighted by molar-refractivity contribution is 6.42. The average molecular weight is 510 g/mol. The first-order valence-corrected chi connectivity index (χ1v) is 13.0. The molecular weight excluding hydrogens is 481 g/mol. The number of ketones is 1. The van der Waals surface area contributed by atoms with Crippen LogP contribution in [-0.4, -0.2) is 58.7 Å². The summed E-state index contributed by atoms with van der Waals surface area (Å²) in [6, 6.07) is 15.2. The van der Waals surface area contributed by atoms with Crippen LogP contribution in [0.4, 0.5) is 0 Å². The van der Waals surface area contributed by atoms with E-state index in [1.807, 2.05) is 35.2 Å². The van der Waals surface area contributed by atoms with E-state index in [1.165, 1.54) is 0 Å². The number of nitrogens with zero attached hydrogens (tertiary/aromatic N) is 3. The summed E-state index contributed by atoms with van der Waals surface area (Å²) in [5.41, 5.74) is 2.26. The lowest BCUT2D eigenvalue weighted by molar-refractivity contribution is 0.0405. The number of aromatic nitrogens is 1. The molecule has 0 bridgehead atoms. The van der Waals surface area contributed by atoms with Crippen LogP contribution in [-0.2, 0) is 0 Å². The highest BCUT2D eigenvalue weighted by Gasteiger charge is 2.36. The number of halogens is 2. The monoisotopic (exact) mass is 509 g/mol. The minimum absolute atomic E-state index is 0.00690. The van der Waals surface area contributed by atoms with Crippen molar-refractivity contribution < 1.29 is 9.59 Å². The zero-order chi connectivity index (χ0) is 24.5. The van der Waals surface area contributed by atoms with Crippen LogP contribution in [0.1, 0.15) is 46.9 Å². The van der Waals surface area contributed by atoms with Crippen molar-refractivity contribution >= 4 is 45.8 Å². The largest absolute Gasteiger partial charge is 0.339 e. The van der Waals surface area contributed by atoms with E-state index >= 15 is 0 Å². The Hall–Kier alpha value is -2.47. The zero-order valence-corrected chi connectivity index (χ0v) is 21.3. The quantitative estimate of drug-likeness (QED) is 0.405. The van der Waals surface area contributed by atoms with E-state index in [0.29, 0.717) is 21.7 Å². The van der Waals surface area contributed by atoms with Crippen LogP contribution < -0.4 is 0 Å². The summed E-state index contributed by atoms with van der Waals surface area (Å²) >= 11 is 12.1. The first-order valence-electron chi connectivity index (χ1n) is 12.3. The van der Waals surface area contributed by atoms with Gasteiger partial charge in [-0.15, -0.1) is 0 Å². The third-order valence-electron chi connectivity index (χ3n) is 7.60. The van der Waals surface area contributed by atoms with Gasteiger partial charge in [-0.3, -0.25) is 19.5 Å². The molecule has 2 aliphatic rings. The van der Waals surface area contributed by atoms with E-state index in [0.717, 1.165) is 61.9 Å². The number of fused-ring (bicyclic) bond motifs is 1. The van der Waals surface area contributed by atoms with Gasteiger partial charge in [-0.1, -0.05) is 36.2 Å². The van der Waals surface area contributed by atoms with Crippen molar-refractivity contribution in [3.63, 3.8) is 0 Å². The lowest BCUT2D eigenvalue weighted by Crippen LogP contribution is -2.51. The van der Waals surface area contributed by atoms with Gasteiger partial charge < -0.3 is 4.90 Å². The summed E-state index contributed by atoms with van der Waals surface area (Å²) < 4.78 is 0. The van der Waals surface area contributed by atoms with Gasteiger partial charge in [0.2, 0.25) is 0 Å². The van der Waals surface area contributed by atoms with Gasteiger partial charge in [0, 0.05) is 54.3 Å². The molecule has 35 heavy (non-hydrogen) atoms. The fourth-order valence-corrected chi connectivity index (χ4v) is 5.89. The summed E-state index contributed by atoms with van der Waals surface area (Å²) in [4.78, 5) is 35.1. The molecule has 1 amide bonds. The molecule has 2 fully saturated rings. The van der Waals surface area contributed by atoms with Crippen LogP contribution in [0.3, 0.4) is 0 Å². The van der Waals surface area contributed by atoms with Crippen molar-refractivity contribution in [2.75, 3.05) is 26.2 Å². The maximum atomic E-state index is 13.1. The van der Waals surface area contributed by atoms with Gasteiger partial charge in [0.05, 0.1) is 15.6 Å². The molecule has 0 spiro atoms. The first kappa shape index (κ1) is 24.2. The van der Waals surface area contributed by atoms with E-state index in [2.05, 4.69) is 16.8 Å². The summed E-state index contributed by atoms with van der Waals surface area (Å²) in [5.74, 6) is 0.499. The maximum absolute atomic E-state index is 13.1. The predicted octanol–water partition coefficient (Wildman–Crippen LogP) is 5.99. The fourth-order valence-electron chi connectivity index (χ4n) is 5.59. The molecule has 182 valence electrons. The second-order valence-electron chi connectivity index (χ2n) is 9.79. The van der Waals surface area contributed by atoms with Gasteiger partial charge in [0.15, 0.2) is 5.78 Å². The SMILES string of the molecule is C[C@@H]1CN(C2CCN(C(=O)c3ccc4ncccc4c3)CC2)CC[C@H]1C(=O)c1ccc(Cl)c(Cl)c1.